The Morgan fingerprint density at radius 2 is 1.61 bits per heavy atom. The molecule has 0 aliphatic carbocycles. The number of carbonyl (C=O) groups excluding carboxylic acids is 2. The number of hydrogen-bond acceptors (Lipinski definition) is 4. The predicted octanol–water partition coefficient (Wildman–Crippen LogP) is 1.22. The number of carbonyl (C=O) groups is 4. The number of ketones is 1. The Labute approximate surface area is 131 Å². The van der Waals surface area contributed by atoms with Gasteiger partial charge < -0.3 is 15.5 Å². The number of hydrogen-bond donors (Lipinski definition) is 3. The van der Waals surface area contributed by atoms with E-state index >= 15 is 0 Å². The molecule has 1 amide bonds. The van der Waals surface area contributed by atoms with Gasteiger partial charge in [-0.2, -0.15) is 0 Å². The predicted molar refractivity (Wildman–Crippen MR) is 76.4 cm³/mol. The van der Waals surface area contributed by atoms with Crippen molar-refractivity contribution in [3.05, 3.63) is 35.6 Å². The van der Waals surface area contributed by atoms with Gasteiger partial charge in [0.05, 0.1) is 0 Å². The topological polar surface area (TPSA) is 121 Å². The molecular formula is C15H16FNO6. The lowest BCUT2D eigenvalue weighted by molar-refractivity contribution is -0.143. The van der Waals surface area contributed by atoms with Crippen LogP contribution >= 0.6 is 0 Å². The van der Waals surface area contributed by atoms with Crippen LogP contribution in [0.1, 0.15) is 36.0 Å². The highest BCUT2D eigenvalue weighted by Gasteiger charge is 2.21. The molecule has 0 radical (unpaired) electrons. The molecule has 1 aromatic rings. The Morgan fingerprint density at radius 1 is 1.00 bits per heavy atom. The van der Waals surface area contributed by atoms with E-state index in [1.165, 1.54) is 12.1 Å². The third kappa shape index (κ3) is 6.68. The van der Waals surface area contributed by atoms with Gasteiger partial charge in [0.1, 0.15) is 11.9 Å². The Kier molecular flexibility index (Phi) is 6.85. The van der Waals surface area contributed by atoms with Crippen LogP contribution in [0.15, 0.2) is 24.3 Å². The second-order valence-electron chi connectivity index (χ2n) is 4.82. The number of benzene rings is 1. The zero-order valence-corrected chi connectivity index (χ0v) is 12.1. The summed E-state index contributed by atoms with van der Waals surface area (Å²) in [5, 5.41) is 19.6. The van der Waals surface area contributed by atoms with Gasteiger partial charge in [0.15, 0.2) is 5.78 Å². The second-order valence-corrected chi connectivity index (χ2v) is 4.82. The summed E-state index contributed by atoms with van der Waals surface area (Å²) in [6.45, 7) is 0. The quantitative estimate of drug-likeness (QED) is 0.587. The van der Waals surface area contributed by atoms with E-state index in [9.17, 15) is 23.6 Å². The van der Waals surface area contributed by atoms with Gasteiger partial charge in [-0.25, -0.2) is 9.18 Å². The van der Waals surface area contributed by atoms with E-state index in [0.717, 1.165) is 12.1 Å². The fourth-order valence-electron chi connectivity index (χ4n) is 1.80. The molecule has 124 valence electrons. The van der Waals surface area contributed by atoms with Crippen molar-refractivity contribution in [1.82, 2.24) is 5.32 Å². The SMILES string of the molecule is O=C(O)CCC(NC(=O)CCC(=O)c1ccc(F)cc1)C(=O)O. The van der Waals surface area contributed by atoms with Crippen molar-refractivity contribution < 1.29 is 33.8 Å². The molecule has 0 heterocycles. The van der Waals surface area contributed by atoms with Crippen LogP contribution in [0, 0.1) is 5.82 Å². The van der Waals surface area contributed by atoms with E-state index in [4.69, 9.17) is 10.2 Å². The molecule has 0 saturated carbocycles. The highest BCUT2D eigenvalue weighted by molar-refractivity contribution is 5.98. The number of carboxylic acid groups (broad SMARTS) is 2. The van der Waals surface area contributed by atoms with Gasteiger partial charge >= 0.3 is 11.9 Å². The summed E-state index contributed by atoms with van der Waals surface area (Å²) < 4.78 is 12.7. The average Bonchev–Trinajstić information content (AvgIpc) is 2.49. The van der Waals surface area contributed by atoms with Crippen LogP contribution in [0.25, 0.3) is 0 Å². The molecule has 1 aromatic carbocycles. The van der Waals surface area contributed by atoms with E-state index in [1.54, 1.807) is 0 Å². The molecule has 1 atom stereocenters. The average molecular weight is 325 g/mol. The number of rotatable bonds is 9. The van der Waals surface area contributed by atoms with Crippen LogP contribution in [0.2, 0.25) is 0 Å². The van der Waals surface area contributed by atoms with Gasteiger partial charge in [0.2, 0.25) is 5.91 Å². The second kappa shape index (κ2) is 8.62. The van der Waals surface area contributed by atoms with E-state index in [-0.39, 0.29) is 30.6 Å². The zero-order chi connectivity index (χ0) is 17.4. The third-order valence-corrected chi connectivity index (χ3v) is 3.03. The molecule has 0 bridgehead atoms. The van der Waals surface area contributed by atoms with E-state index < -0.39 is 36.1 Å². The first kappa shape index (κ1) is 18.3. The standard InChI is InChI=1S/C15H16FNO6/c16-10-3-1-9(2-4-10)12(18)6-7-13(19)17-11(15(22)23)5-8-14(20)21/h1-4,11H,5-8H2,(H,17,19)(H,20,21)(H,22,23). The van der Waals surface area contributed by atoms with Crippen LogP contribution in [0.3, 0.4) is 0 Å². The molecule has 23 heavy (non-hydrogen) atoms. The van der Waals surface area contributed by atoms with Gasteiger partial charge in [0.25, 0.3) is 0 Å². The molecule has 0 fully saturated rings. The first-order chi connectivity index (χ1) is 10.8. The van der Waals surface area contributed by atoms with Crippen LogP contribution in [-0.2, 0) is 14.4 Å². The Balaban J connectivity index is 2.48. The molecule has 1 rings (SSSR count). The number of amides is 1. The molecule has 3 N–H and O–H groups in total. The molecular weight excluding hydrogens is 309 g/mol. The normalized spacial score (nSPS) is 11.5. The van der Waals surface area contributed by atoms with E-state index in [1.807, 2.05) is 0 Å². The van der Waals surface area contributed by atoms with Crippen molar-refractivity contribution in [1.29, 1.82) is 0 Å². The molecule has 0 spiro atoms. The van der Waals surface area contributed by atoms with Crippen LogP contribution in [0.5, 0.6) is 0 Å². The number of nitrogens with one attached hydrogen (secondary N) is 1. The largest absolute Gasteiger partial charge is 0.481 e. The first-order valence-electron chi connectivity index (χ1n) is 6.82. The Hall–Kier alpha value is -2.77. The summed E-state index contributed by atoms with van der Waals surface area (Å²) in [5.74, 6) is -4.04. The fourth-order valence-corrected chi connectivity index (χ4v) is 1.80. The number of carboxylic acids is 2. The van der Waals surface area contributed by atoms with Crippen molar-refractivity contribution in [3.63, 3.8) is 0 Å². The van der Waals surface area contributed by atoms with E-state index in [0.29, 0.717) is 0 Å². The van der Waals surface area contributed by atoms with Crippen molar-refractivity contribution in [3.8, 4) is 0 Å². The summed E-state index contributed by atoms with van der Waals surface area (Å²) in [4.78, 5) is 44.8. The van der Waals surface area contributed by atoms with Gasteiger partial charge in [-0.05, 0) is 30.7 Å². The minimum atomic E-state index is -1.34. The molecule has 8 heteroatoms. The molecule has 0 aliphatic heterocycles. The van der Waals surface area contributed by atoms with Crippen molar-refractivity contribution >= 4 is 23.6 Å². The number of halogens is 1. The van der Waals surface area contributed by atoms with Gasteiger partial charge in [-0.3, -0.25) is 14.4 Å². The maximum absolute atomic E-state index is 12.7. The van der Waals surface area contributed by atoms with Gasteiger partial charge in [0, 0.05) is 24.8 Å². The smallest absolute Gasteiger partial charge is 0.326 e. The lowest BCUT2D eigenvalue weighted by Gasteiger charge is -2.13. The minimum Gasteiger partial charge on any atom is -0.481 e. The van der Waals surface area contributed by atoms with E-state index in [2.05, 4.69) is 5.32 Å². The van der Waals surface area contributed by atoms with Crippen molar-refractivity contribution in [2.75, 3.05) is 0 Å². The summed E-state index contributed by atoms with van der Waals surface area (Å²) in [7, 11) is 0. The Morgan fingerprint density at radius 3 is 2.13 bits per heavy atom. The summed E-state index contributed by atoms with van der Waals surface area (Å²) >= 11 is 0. The maximum Gasteiger partial charge on any atom is 0.326 e. The molecule has 1 unspecified atom stereocenters. The summed E-state index contributed by atoms with van der Waals surface area (Å²) in [6.07, 6.45) is -1.05. The molecule has 0 aliphatic rings. The van der Waals surface area contributed by atoms with Crippen LogP contribution in [0.4, 0.5) is 4.39 Å². The fraction of sp³-hybridized carbons (Fsp3) is 0.333. The monoisotopic (exact) mass is 325 g/mol. The minimum absolute atomic E-state index is 0.164. The summed E-state index contributed by atoms with van der Waals surface area (Å²) in [6, 6.07) is 3.52. The van der Waals surface area contributed by atoms with Crippen LogP contribution < -0.4 is 5.32 Å². The lowest BCUT2D eigenvalue weighted by atomic mass is 10.1. The number of aliphatic carboxylic acids is 2. The molecule has 0 saturated heterocycles. The number of Topliss-reactive ketones (excluding diaryl/α,β-unsaturated/α-hetero) is 1. The highest BCUT2D eigenvalue weighted by Crippen LogP contribution is 2.08. The van der Waals surface area contributed by atoms with Gasteiger partial charge in [-0.1, -0.05) is 0 Å². The Bertz CT molecular complexity index is 598. The highest BCUT2D eigenvalue weighted by atomic mass is 19.1. The first-order valence-corrected chi connectivity index (χ1v) is 6.82. The van der Waals surface area contributed by atoms with Gasteiger partial charge in [-0.15, -0.1) is 0 Å². The summed E-state index contributed by atoms with van der Waals surface area (Å²) in [5.41, 5.74) is 0.250. The third-order valence-electron chi connectivity index (χ3n) is 3.03. The van der Waals surface area contributed by atoms with Crippen molar-refractivity contribution in [2.45, 2.75) is 31.7 Å². The molecule has 7 nitrogen and oxygen atoms in total. The lowest BCUT2D eigenvalue weighted by Crippen LogP contribution is -2.41. The zero-order valence-electron chi connectivity index (χ0n) is 12.1. The van der Waals surface area contributed by atoms with Crippen LogP contribution in [-0.4, -0.2) is 39.9 Å². The molecule has 0 aromatic heterocycles. The maximum atomic E-state index is 12.7. The van der Waals surface area contributed by atoms with Crippen molar-refractivity contribution in [2.24, 2.45) is 0 Å².